The molecule has 9 aromatic carbocycles. The van der Waals surface area contributed by atoms with Crippen molar-refractivity contribution in [3.8, 4) is 5.75 Å². The molecule has 371 valence electrons. The second kappa shape index (κ2) is 24.5. The molecule has 74 heavy (non-hydrogen) atoms. The van der Waals surface area contributed by atoms with Crippen molar-refractivity contribution < 1.29 is 94.8 Å². The summed E-state index contributed by atoms with van der Waals surface area (Å²) in [4.78, 5) is 25.2. The summed E-state index contributed by atoms with van der Waals surface area (Å²) < 4.78 is 97.8. The third-order valence-corrected chi connectivity index (χ3v) is 17.6. The van der Waals surface area contributed by atoms with E-state index in [1.165, 1.54) is 65.6 Å². The smallest absolute Gasteiger partial charge is 0.455 e. The Labute approximate surface area is 463 Å². The summed E-state index contributed by atoms with van der Waals surface area (Å²) in [6, 6.07) is 72.6. The second-order valence-corrected chi connectivity index (χ2v) is 21.7. The number of aromatic hydroxyl groups is 1. The summed E-state index contributed by atoms with van der Waals surface area (Å²) in [6.45, 7) is 0. The number of carbonyl (C=O) groups excluding carboxylic acids is 1. The first kappa shape index (κ1) is 54.9. The zero-order valence-corrected chi connectivity index (χ0v) is 43.0. The summed E-state index contributed by atoms with van der Waals surface area (Å²) >= 11 is 0. The normalized spacial score (nSPS) is 11.2. The fraction of sp³-hybridized carbons (Fsp3) is 0.0169. The first-order valence-electron chi connectivity index (χ1n) is 22.5. The van der Waals surface area contributed by atoms with Gasteiger partial charge in [0.2, 0.25) is 0 Å². The van der Waals surface area contributed by atoms with Crippen molar-refractivity contribution in [3.05, 3.63) is 276 Å². The van der Waals surface area contributed by atoms with Crippen LogP contribution in [0, 0.1) is 61.0 Å². The van der Waals surface area contributed by atoms with Gasteiger partial charge in [-0.05, 0) is 60.7 Å². The van der Waals surface area contributed by atoms with Crippen LogP contribution in [0.4, 0.5) is 39.0 Å². The summed E-state index contributed by atoms with van der Waals surface area (Å²) in [6.07, 6.45) is -5.39. The Morgan fingerprint density at radius 1 is 0.446 bits per heavy atom. The first-order valence-corrected chi connectivity index (χ1v) is 25.9. The number of ketones is 1. The number of hydrogen-bond acceptors (Lipinski definition) is 7. The van der Waals surface area contributed by atoms with Crippen LogP contribution in [0.5, 0.6) is 5.75 Å². The van der Waals surface area contributed by atoms with Gasteiger partial charge >= 0.3 is 11.8 Å². The molecule has 15 heteroatoms. The largest absolute Gasteiger partial charge is 0.506 e. The van der Waals surface area contributed by atoms with Gasteiger partial charge in [0.15, 0.2) is 19.8 Å². The Bertz CT molecular complexity index is 3230. The van der Waals surface area contributed by atoms with Crippen LogP contribution in [0.25, 0.3) is 11.0 Å². The van der Waals surface area contributed by atoms with Gasteiger partial charge in [-0.2, -0.15) is 13.2 Å². The number of anilines is 3. The van der Waals surface area contributed by atoms with E-state index in [0.717, 1.165) is 37.9 Å². The number of rotatable bonds is 10. The number of nitrogens with zero attached hydrogens (tertiary/aromatic N) is 1. The number of hydrogen-bond donors (Lipinski definition) is 1. The maximum atomic E-state index is 13.8. The molecule has 10 rings (SSSR count). The number of benzene rings is 9. The van der Waals surface area contributed by atoms with Crippen molar-refractivity contribution in [2.75, 3.05) is 4.90 Å². The van der Waals surface area contributed by atoms with Gasteiger partial charge in [-0.3, -0.25) is 4.79 Å². The predicted octanol–water partition coefficient (Wildman–Crippen LogP) is 12.6. The zero-order chi connectivity index (χ0) is 51.6. The van der Waals surface area contributed by atoms with E-state index in [2.05, 4.69) is 0 Å². The number of carbonyl (C=O) groups is 1. The molecule has 0 aliphatic carbocycles. The summed E-state index contributed by atoms with van der Waals surface area (Å²) in [5.41, 5.74) is -2.33. The van der Waals surface area contributed by atoms with Crippen LogP contribution in [-0.2, 0) is 9.13 Å². The Morgan fingerprint density at radius 3 is 1.01 bits per heavy atom. The number of Topliss-reactive ketones (excluding diaryl/α,β-unsaturated/α-hetero) is 1. The molecular formula is C59H42EuF5NO6P2. The summed E-state index contributed by atoms with van der Waals surface area (Å²) in [7, 11) is -5.55. The van der Waals surface area contributed by atoms with Gasteiger partial charge in [-0.25, -0.2) is 13.6 Å². The third-order valence-electron chi connectivity index (χ3n) is 11.5. The molecule has 0 atom stereocenters. The van der Waals surface area contributed by atoms with Gasteiger partial charge in [0, 0.05) is 104 Å². The van der Waals surface area contributed by atoms with E-state index in [0.29, 0.717) is 11.4 Å². The minimum Gasteiger partial charge on any atom is -0.506 e. The van der Waals surface area contributed by atoms with Crippen LogP contribution >= 0.6 is 14.3 Å². The monoisotopic (exact) mass is 1170 g/mol. The molecule has 0 saturated carbocycles. The molecule has 0 amide bonds. The number of halogens is 5. The van der Waals surface area contributed by atoms with Crippen LogP contribution in [0.15, 0.2) is 258 Å². The number of fused-ring (bicyclic) bond motifs is 1. The molecule has 0 saturated heterocycles. The molecule has 1 aromatic heterocycles. The summed E-state index contributed by atoms with van der Waals surface area (Å²) in [5.74, 6) is -4.70. The average Bonchev–Trinajstić information content (AvgIpc) is 3.43. The summed E-state index contributed by atoms with van der Waals surface area (Å²) in [5, 5.41) is 15.1. The first-order chi connectivity index (χ1) is 35.2. The van der Waals surface area contributed by atoms with E-state index in [9.17, 15) is 45.8 Å². The van der Waals surface area contributed by atoms with E-state index < -0.39 is 54.8 Å². The third kappa shape index (κ3) is 12.2. The Kier molecular flexibility index (Phi) is 18.2. The van der Waals surface area contributed by atoms with Gasteiger partial charge in [-0.1, -0.05) is 182 Å². The van der Waals surface area contributed by atoms with Crippen molar-refractivity contribution in [2.24, 2.45) is 0 Å². The van der Waals surface area contributed by atoms with E-state index >= 15 is 0 Å². The fourth-order valence-corrected chi connectivity index (χ4v) is 13.3. The van der Waals surface area contributed by atoms with E-state index in [4.69, 9.17) is 4.42 Å². The van der Waals surface area contributed by atoms with Crippen LogP contribution in [0.3, 0.4) is 0 Å². The molecule has 0 aliphatic rings. The van der Waals surface area contributed by atoms with Crippen molar-refractivity contribution in [1.82, 2.24) is 0 Å². The minimum absolute atomic E-state index is 0. The molecule has 0 bridgehead atoms. The van der Waals surface area contributed by atoms with Crippen molar-refractivity contribution >= 4 is 79.9 Å². The van der Waals surface area contributed by atoms with E-state index in [1.807, 2.05) is 182 Å². The van der Waals surface area contributed by atoms with Gasteiger partial charge < -0.3 is 23.6 Å². The zero-order valence-electron chi connectivity index (χ0n) is 38.8. The Balaban J connectivity index is 0.000000169. The molecular weight excluding hydrogens is 1130 g/mol. The molecule has 1 radical (unpaired) electrons. The van der Waals surface area contributed by atoms with Crippen molar-refractivity contribution in [1.29, 1.82) is 0 Å². The molecule has 0 spiro atoms. The molecule has 1 N–H and O–H groups in total. The van der Waals surface area contributed by atoms with E-state index in [-0.39, 0.29) is 66.0 Å². The molecule has 10 aromatic rings. The van der Waals surface area contributed by atoms with Gasteiger partial charge in [0.05, 0.1) is 5.39 Å². The van der Waals surface area contributed by atoms with Crippen LogP contribution in [-0.4, -0.2) is 17.1 Å². The maximum Gasteiger partial charge on any atom is 0.455 e. The van der Waals surface area contributed by atoms with Gasteiger partial charge in [-0.15, -0.1) is 0 Å². The molecule has 0 fully saturated rings. The quantitative estimate of drug-likeness (QED) is 0.0629. The SMILES string of the molecule is O=C(c1c(O)c2ccc(N(c3ccc(F)cc3)c3ccc(F)cc3)cc2oc1=O)C(F)(F)F.O=P(c1ccccc1)(c1ccccc1)c1ccccc1.O=P(c1ccccc1)(c1ccccc1)c1ccccc1.[Eu]. The molecule has 0 unspecified atom stereocenters. The molecule has 1 heterocycles. The molecule has 0 aliphatic heterocycles. The van der Waals surface area contributed by atoms with Crippen LogP contribution in [0.1, 0.15) is 10.4 Å². The van der Waals surface area contributed by atoms with Gasteiger partial charge in [0.25, 0.3) is 5.78 Å². The average molecular weight is 1170 g/mol. The maximum absolute atomic E-state index is 13.8. The fourth-order valence-electron chi connectivity index (χ4n) is 8.00. The van der Waals surface area contributed by atoms with E-state index in [1.54, 1.807) is 0 Å². The van der Waals surface area contributed by atoms with Crippen LogP contribution in [0.2, 0.25) is 0 Å². The number of alkyl halides is 3. The van der Waals surface area contributed by atoms with Crippen LogP contribution < -0.4 is 42.4 Å². The predicted molar refractivity (Wildman–Crippen MR) is 281 cm³/mol. The Hall–Kier alpha value is -6.85. The van der Waals surface area contributed by atoms with Crippen molar-refractivity contribution in [2.45, 2.75) is 6.18 Å². The van der Waals surface area contributed by atoms with Gasteiger partial charge in [0.1, 0.15) is 23.0 Å². The topological polar surface area (TPSA) is 105 Å². The van der Waals surface area contributed by atoms with Crippen molar-refractivity contribution in [3.63, 3.8) is 0 Å². The standard InChI is InChI=1S/C23H12F5NO4.2C18H15OP.Eu/c24-12-1-5-14(6-2-12)29(15-7-3-13(25)4-8-15)16-9-10-17-18(11-16)33-22(32)19(20(17)30)21(31)23(26,27)28;2*19-20(16-10-4-1-5-11-16,17-12-6-2-7-13-17)18-14-8-3-9-15-18;/h1-11,30H;2*1-15H;. The molecule has 7 nitrogen and oxygen atoms in total. The minimum atomic E-state index is -5.39. The Morgan fingerprint density at radius 2 is 0.730 bits per heavy atom. The second-order valence-electron chi connectivity index (χ2n) is 16.1.